The second-order valence-electron chi connectivity index (χ2n) is 5.46. The summed E-state index contributed by atoms with van der Waals surface area (Å²) in [6, 6.07) is 11.3. The Kier molecular flexibility index (Phi) is 5.20. The van der Waals surface area contributed by atoms with Crippen molar-refractivity contribution in [3.63, 3.8) is 0 Å². The minimum absolute atomic E-state index is 0.413. The summed E-state index contributed by atoms with van der Waals surface area (Å²) in [4.78, 5) is 23.5. The Labute approximate surface area is 139 Å². The SMILES string of the molecule is CN(CC(=O)NC(C(=O)O)c1ccc2ccccc2c1)S(C)(=O)=O. The van der Waals surface area contributed by atoms with Crippen LogP contribution in [0.5, 0.6) is 0 Å². The van der Waals surface area contributed by atoms with E-state index in [2.05, 4.69) is 5.32 Å². The van der Waals surface area contributed by atoms with Gasteiger partial charge in [-0.1, -0.05) is 36.4 Å². The van der Waals surface area contributed by atoms with Gasteiger partial charge in [-0.25, -0.2) is 13.2 Å². The number of nitrogens with one attached hydrogen (secondary N) is 1. The molecule has 0 radical (unpaired) electrons. The van der Waals surface area contributed by atoms with E-state index in [1.807, 2.05) is 24.3 Å². The Morgan fingerprint density at radius 3 is 2.38 bits per heavy atom. The topological polar surface area (TPSA) is 104 Å². The molecule has 1 unspecified atom stereocenters. The average molecular weight is 350 g/mol. The number of fused-ring (bicyclic) bond motifs is 1. The van der Waals surface area contributed by atoms with E-state index in [0.717, 1.165) is 21.3 Å². The van der Waals surface area contributed by atoms with E-state index in [1.165, 1.54) is 7.05 Å². The molecule has 0 fully saturated rings. The van der Waals surface area contributed by atoms with Crippen LogP contribution in [0.25, 0.3) is 10.8 Å². The Balaban J connectivity index is 2.22. The summed E-state index contributed by atoms with van der Waals surface area (Å²) >= 11 is 0. The van der Waals surface area contributed by atoms with Crippen LogP contribution >= 0.6 is 0 Å². The first-order chi connectivity index (χ1) is 11.2. The molecule has 8 heteroatoms. The van der Waals surface area contributed by atoms with Crippen LogP contribution in [-0.4, -0.2) is 49.6 Å². The smallest absolute Gasteiger partial charge is 0.330 e. The van der Waals surface area contributed by atoms with Crippen LogP contribution in [0.15, 0.2) is 42.5 Å². The van der Waals surface area contributed by atoms with Gasteiger partial charge in [-0.2, -0.15) is 4.31 Å². The summed E-state index contributed by atoms with van der Waals surface area (Å²) in [5, 5.41) is 13.6. The first kappa shape index (κ1) is 17.9. The minimum atomic E-state index is -3.52. The lowest BCUT2D eigenvalue weighted by Crippen LogP contribution is -2.41. The summed E-state index contributed by atoms with van der Waals surface area (Å²) < 4.78 is 23.5. The van der Waals surface area contributed by atoms with Crippen molar-refractivity contribution in [1.82, 2.24) is 9.62 Å². The molecule has 24 heavy (non-hydrogen) atoms. The van der Waals surface area contributed by atoms with Gasteiger partial charge in [-0.05, 0) is 22.4 Å². The van der Waals surface area contributed by atoms with Crippen molar-refractivity contribution in [2.45, 2.75) is 6.04 Å². The molecule has 2 aromatic carbocycles. The van der Waals surface area contributed by atoms with Crippen molar-refractivity contribution >= 4 is 32.7 Å². The van der Waals surface area contributed by atoms with Crippen LogP contribution in [0.4, 0.5) is 0 Å². The third kappa shape index (κ3) is 4.30. The number of rotatable bonds is 6. The molecular weight excluding hydrogens is 332 g/mol. The molecule has 0 aliphatic rings. The number of benzene rings is 2. The molecule has 0 aliphatic heterocycles. The standard InChI is InChI=1S/C16H18N2O5S/c1-18(24(2,22)23)10-14(19)17-15(16(20)21)13-8-7-11-5-3-4-6-12(11)9-13/h3-9,15H,10H2,1-2H3,(H,17,19)(H,20,21). The number of likely N-dealkylation sites (N-methyl/N-ethyl adjacent to an activating group) is 1. The van der Waals surface area contributed by atoms with Gasteiger partial charge in [0.1, 0.15) is 0 Å². The Hall–Kier alpha value is -2.45. The van der Waals surface area contributed by atoms with Gasteiger partial charge in [0.05, 0.1) is 12.8 Å². The summed E-state index contributed by atoms with van der Waals surface area (Å²) in [5.74, 6) is -1.91. The van der Waals surface area contributed by atoms with Crippen LogP contribution in [-0.2, 0) is 19.6 Å². The highest BCUT2D eigenvalue weighted by Crippen LogP contribution is 2.20. The molecule has 128 valence electrons. The zero-order valence-electron chi connectivity index (χ0n) is 13.3. The largest absolute Gasteiger partial charge is 0.479 e. The van der Waals surface area contributed by atoms with E-state index >= 15 is 0 Å². The number of aliphatic carboxylic acids is 1. The molecule has 0 bridgehead atoms. The van der Waals surface area contributed by atoms with Gasteiger partial charge in [0.2, 0.25) is 15.9 Å². The number of carbonyl (C=O) groups excluding carboxylic acids is 1. The number of nitrogens with zero attached hydrogens (tertiary/aromatic N) is 1. The fourth-order valence-corrected chi connectivity index (χ4v) is 2.55. The average Bonchev–Trinajstić information content (AvgIpc) is 2.51. The van der Waals surface area contributed by atoms with E-state index in [4.69, 9.17) is 0 Å². The summed E-state index contributed by atoms with van der Waals surface area (Å²) in [6.07, 6.45) is 0.971. The molecule has 0 spiro atoms. The highest BCUT2D eigenvalue weighted by atomic mass is 32.2. The van der Waals surface area contributed by atoms with Crippen LogP contribution in [0.3, 0.4) is 0 Å². The second kappa shape index (κ2) is 6.98. The van der Waals surface area contributed by atoms with E-state index < -0.39 is 34.5 Å². The number of sulfonamides is 1. The van der Waals surface area contributed by atoms with Crippen molar-refractivity contribution in [1.29, 1.82) is 0 Å². The predicted octanol–water partition coefficient (Wildman–Crippen LogP) is 0.973. The van der Waals surface area contributed by atoms with E-state index in [-0.39, 0.29) is 0 Å². The maximum atomic E-state index is 12.0. The van der Waals surface area contributed by atoms with Gasteiger partial charge in [0.25, 0.3) is 0 Å². The third-order valence-corrected chi connectivity index (χ3v) is 4.85. The third-order valence-electron chi connectivity index (χ3n) is 3.59. The quantitative estimate of drug-likeness (QED) is 0.808. The van der Waals surface area contributed by atoms with Crippen molar-refractivity contribution in [3.05, 3.63) is 48.0 Å². The number of hydrogen-bond acceptors (Lipinski definition) is 4. The number of carboxylic acid groups (broad SMARTS) is 1. The zero-order chi connectivity index (χ0) is 17.9. The Morgan fingerprint density at radius 2 is 1.79 bits per heavy atom. The molecule has 0 aliphatic carbocycles. The lowest BCUT2D eigenvalue weighted by molar-refractivity contribution is -0.142. The number of carbonyl (C=O) groups is 2. The maximum absolute atomic E-state index is 12.0. The first-order valence-electron chi connectivity index (χ1n) is 7.10. The van der Waals surface area contributed by atoms with Gasteiger partial charge in [0.15, 0.2) is 6.04 Å². The summed E-state index contributed by atoms with van der Waals surface area (Å²) in [7, 11) is -2.27. The summed E-state index contributed by atoms with van der Waals surface area (Å²) in [5.41, 5.74) is 0.413. The van der Waals surface area contributed by atoms with Gasteiger partial charge in [0, 0.05) is 7.05 Å². The second-order valence-corrected chi connectivity index (χ2v) is 7.55. The van der Waals surface area contributed by atoms with E-state index in [0.29, 0.717) is 5.56 Å². The molecule has 0 saturated carbocycles. The van der Waals surface area contributed by atoms with Gasteiger partial charge < -0.3 is 10.4 Å². The highest BCUT2D eigenvalue weighted by Gasteiger charge is 2.24. The molecule has 2 aromatic rings. The maximum Gasteiger partial charge on any atom is 0.330 e. The zero-order valence-corrected chi connectivity index (χ0v) is 14.1. The highest BCUT2D eigenvalue weighted by molar-refractivity contribution is 7.88. The summed E-state index contributed by atoms with van der Waals surface area (Å²) in [6.45, 7) is -0.448. The number of hydrogen-bond donors (Lipinski definition) is 2. The predicted molar refractivity (Wildman–Crippen MR) is 89.9 cm³/mol. The molecular formula is C16H18N2O5S. The van der Waals surface area contributed by atoms with Crippen molar-refractivity contribution in [3.8, 4) is 0 Å². The molecule has 7 nitrogen and oxygen atoms in total. The fraction of sp³-hybridized carbons (Fsp3) is 0.250. The van der Waals surface area contributed by atoms with Gasteiger partial charge in [-0.15, -0.1) is 0 Å². The monoisotopic (exact) mass is 350 g/mol. The Morgan fingerprint density at radius 1 is 1.17 bits per heavy atom. The van der Waals surface area contributed by atoms with Crippen molar-refractivity contribution in [2.24, 2.45) is 0 Å². The number of amides is 1. The molecule has 1 atom stereocenters. The normalized spacial score (nSPS) is 13.0. The molecule has 0 heterocycles. The Bertz CT molecular complexity index is 879. The van der Waals surface area contributed by atoms with Crippen LogP contribution in [0, 0.1) is 0 Å². The van der Waals surface area contributed by atoms with Crippen LogP contribution in [0.1, 0.15) is 11.6 Å². The van der Waals surface area contributed by atoms with Crippen molar-refractivity contribution in [2.75, 3.05) is 19.8 Å². The molecule has 2 rings (SSSR count). The van der Waals surface area contributed by atoms with E-state index in [1.54, 1.807) is 18.2 Å². The molecule has 1 amide bonds. The lowest BCUT2D eigenvalue weighted by atomic mass is 10.0. The van der Waals surface area contributed by atoms with E-state index in [9.17, 15) is 23.1 Å². The van der Waals surface area contributed by atoms with Crippen molar-refractivity contribution < 1.29 is 23.1 Å². The minimum Gasteiger partial charge on any atom is -0.479 e. The molecule has 2 N–H and O–H groups in total. The molecule has 0 aromatic heterocycles. The first-order valence-corrected chi connectivity index (χ1v) is 8.95. The van der Waals surface area contributed by atoms with Crippen LogP contribution in [0.2, 0.25) is 0 Å². The van der Waals surface area contributed by atoms with Gasteiger partial charge >= 0.3 is 5.97 Å². The van der Waals surface area contributed by atoms with Crippen LogP contribution < -0.4 is 5.32 Å². The fourth-order valence-electron chi connectivity index (χ4n) is 2.20. The lowest BCUT2D eigenvalue weighted by Gasteiger charge is -2.18. The molecule has 0 saturated heterocycles. The van der Waals surface area contributed by atoms with Gasteiger partial charge in [-0.3, -0.25) is 4.79 Å². The number of carboxylic acids is 1.